The topological polar surface area (TPSA) is 65.1 Å². The molecule has 1 heterocycles. The summed E-state index contributed by atoms with van der Waals surface area (Å²) >= 11 is 0. The Hall–Kier alpha value is -2.76. The highest BCUT2D eigenvalue weighted by Crippen LogP contribution is 2.26. The number of carbonyl (C=O) groups is 2. The Bertz CT molecular complexity index is 770. The van der Waals surface area contributed by atoms with Crippen molar-refractivity contribution in [2.45, 2.75) is 13.3 Å². The number of amides is 1. The molecule has 26 heavy (non-hydrogen) atoms. The average Bonchev–Trinajstić information content (AvgIpc) is 3.14. The molecule has 0 radical (unpaired) electrons. The highest BCUT2D eigenvalue weighted by Gasteiger charge is 2.28. The zero-order valence-corrected chi connectivity index (χ0v) is 14.8. The minimum Gasteiger partial charge on any atom is -0.493 e. The van der Waals surface area contributed by atoms with Crippen LogP contribution in [0.25, 0.3) is 10.8 Å². The van der Waals surface area contributed by atoms with Crippen LogP contribution >= 0.6 is 0 Å². The number of fused-ring (bicyclic) bond motifs is 1. The lowest BCUT2D eigenvalue weighted by Crippen LogP contribution is -2.31. The monoisotopic (exact) mass is 357 g/mol. The second-order valence-electron chi connectivity index (χ2n) is 6.25. The maximum Gasteiger partial charge on any atom is 0.410 e. The number of likely N-dealkylation sites (tertiary alicyclic amines) is 1. The molecule has 0 spiro atoms. The number of benzene rings is 2. The number of carbonyl (C=O) groups excluding carboxylic acids is 2. The largest absolute Gasteiger partial charge is 0.493 e. The van der Waals surface area contributed by atoms with Crippen molar-refractivity contribution in [3.8, 4) is 5.75 Å². The fourth-order valence-electron chi connectivity index (χ4n) is 3.08. The van der Waals surface area contributed by atoms with Crippen molar-refractivity contribution >= 4 is 22.8 Å². The summed E-state index contributed by atoms with van der Waals surface area (Å²) in [5.41, 5.74) is 0. The molecule has 0 bridgehead atoms. The van der Waals surface area contributed by atoms with Gasteiger partial charge >= 0.3 is 12.1 Å². The molecule has 2 aromatic carbocycles. The summed E-state index contributed by atoms with van der Waals surface area (Å²) in [6, 6.07) is 14.1. The Labute approximate surface area is 152 Å². The van der Waals surface area contributed by atoms with Crippen LogP contribution in [0.3, 0.4) is 0 Å². The first-order valence-electron chi connectivity index (χ1n) is 8.85. The van der Waals surface area contributed by atoms with Gasteiger partial charge in [0.15, 0.2) is 6.61 Å². The van der Waals surface area contributed by atoms with Crippen molar-refractivity contribution in [2.75, 3.05) is 32.9 Å². The first-order chi connectivity index (χ1) is 12.7. The summed E-state index contributed by atoms with van der Waals surface area (Å²) in [5.74, 6) is 0.562. The molecule has 3 rings (SSSR count). The summed E-state index contributed by atoms with van der Waals surface area (Å²) in [6.45, 7) is 3.34. The van der Waals surface area contributed by atoms with Crippen molar-refractivity contribution in [1.29, 1.82) is 0 Å². The first-order valence-corrected chi connectivity index (χ1v) is 8.85. The number of rotatable bonds is 6. The number of hydrogen-bond acceptors (Lipinski definition) is 5. The lowest BCUT2D eigenvalue weighted by molar-refractivity contribution is -0.146. The van der Waals surface area contributed by atoms with E-state index in [2.05, 4.69) is 12.1 Å². The Morgan fingerprint density at radius 3 is 2.77 bits per heavy atom. The van der Waals surface area contributed by atoms with Gasteiger partial charge in [0, 0.05) is 24.4 Å². The van der Waals surface area contributed by atoms with E-state index in [-0.39, 0.29) is 19.1 Å². The van der Waals surface area contributed by atoms with Gasteiger partial charge < -0.3 is 19.1 Å². The van der Waals surface area contributed by atoms with E-state index in [9.17, 15) is 9.59 Å². The van der Waals surface area contributed by atoms with Crippen LogP contribution < -0.4 is 4.74 Å². The van der Waals surface area contributed by atoms with Crippen molar-refractivity contribution in [2.24, 2.45) is 5.92 Å². The summed E-state index contributed by atoms with van der Waals surface area (Å²) < 4.78 is 15.7. The lowest BCUT2D eigenvalue weighted by Gasteiger charge is -2.17. The summed E-state index contributed by atoms with van der Waals surface area (Å²) in [7, 11) is 0. The SMILES string of the molecule is CCOC(=O)COC(=O)N1CCC(COc2cccc3ccccc23)C1. The van der Waals surface area contributed by atoms with Crippen LogP contribution in [0.1, 0.15) is 13.3 Å². The standard InChI is InChI=1S/C20H23NO5/c1-2-24-19(22)14-26-20(23)21-11-10-15(12-21)13-25-18-9-5-7-16-6-3-4-8-17(16)18/h3-9,15H,2,10-14H2,1H3. The molecule has 0 N–H and O–H groups in total. The quantitative estimate of drug-likeness (QED) is 0.743. The predicted molar refractivity (Wildman–Crippen MR) is 97.1 cm³/mol. The molecular weight excluding hydrogens is 334 g/mol. The maximum atomic E-state index is 12.0. The Morgan fingerprint density at radius 2 is 1.92 bits per heavy atom. The Kier molecular flexibility index (Phi) is 5.94. The van der Waals surface area contributed by atoms with Gasteiger partial charge in [-0.15, -0.1) is 0 Å². The molecule has 1 saturated heterocycles. The fraction of sp³-hybridized carbons (Fsp3) is 0.400. The molecule has 1 fully saturated rings. The molecular formula is C20H23NO5. The van der Waals surface area contributed by atoms with Crippen LogP contribution in [-0.2, 0) is 14.3 Å². The summed E-state index contributed by atoms with van der Waals surface area (Å²) in [5, 5.41) is 2.22. The van der Waals surface area contributed by atoms with Gasteiger partial charge in [0.05, 0.1) is 13.2 Å². The lowest BCUT2D eigenvalue weighted by atomic mass is 10.1. The van der Waals surface area contributed by atoms with Crippen LogP contribution in [0.2, 0.25) is 0 Å². The molecule has 0 aliphatic carbocycles. The number of nitrogens with zero attached hydrogens (tertiary/aromatic N) is 1. The van der Waals surface area contributed by atoms with E-state index in [1.165, 1.54) is 0 Å². The number of hydrogen-bond donors (Lipinski definition) is 0. The van der Waals surface area contributed by atoms with Gasteiger partial charge in [0.2, 0.25) is 0 Å². The van der Waals surface area contributed by atoms with Crippen LogP contribution in [0.5, 0.6) is 5.75 Å². The minimum atomic E-state index is -0.532. The molecule has 1 aliphatic rings. The smallest absolute Gasteiger partial charge is 0.410 e. The third kappa shape index (κ3) is 4.45. The third-order valence-corrected chi connectivity index (χ3v) is 4.39. The second-order valence-corrected chi connectivity index (χ2v) is 6.25. The Morgan fingerprint density at radius 1 is 1.12 bits per heavy atom. The number of ether oxygens (including phenoxy) is 3. The first kappa shape index (κ1) is 18.0. The average molecular weight is 357 g/mol. The summed E-state index contributed by atoms with van der Waals surface area (Å²) in [4.78, 5) is 24.9. The summed E-state index contributed by atoms with van der Waals surface area (Å²) in [6.07, 6.45) is 0.366. The van der Waals surface area contributed by atoms with Gasteiger partial charge in [-0.2, -0.15) is 0 Å². The van der Waals surface area contributed by atoms with E-state index in [1.54, 1.807) is 11.8 Å². The van der Waals surface area contributed by atoms with Crippen molar-refractivity contribution in [3.63, 3.8) is 0 Å². The van der Waals surface area contributed by atoms with Crippen molar-refractivity contribution < 1.29 is 23.8 Å². The molecule has 0 saturated carbocycles. The van der Waals surface area contributed by atoms with E-state index < -0.39 is 12.1 Å². The number of esters is 1. The van der Waals surface area contributed by atoms with Crippen LogP contribution in [0.4, 0.5) is 4.79 Å². The van der Waals surface area contributed by atoms with Gasteiger partial charge in [-0.1, -0.05) is 36.4 Å². The molecule has 1 atom stereocenters. The van der Waals surface area contributed by atoms with Crippen LogP contribution in [0, 0.1) is 5.92 Å². The van der Waals surface area contributed by atoms with E-state index >= 15 is 0 Å². The second kappa shape index (κ2) is 8.56. The van der Waals surface area contributed by atoms with Gasteiger partial charge in [-0.05, 0) is 24.8 Å². The molecule has 6 heteroatoms. The Balaban J connectivity index is 1.48. The van der Waals surface area contributed by atoms with Gasteiger partial charge in [0.1, 0.15) is 5.75 Å². The van der Waals surface area contributed by atoms with E-state index in [0.717, 1.165) is 22.9 Å². The maximum absolute atomic E-state index is 12.0. The van der Waals surface area contributed by atoms with Gasteiger partial charge in [-0.3, -0.25) is 0 Å². The van der Waals surface area contributed by atoms with Crippen molar-refractivity contribution in [1.82, 2.24) is 4.90 Å². The molecule has 0 aromatic heterocycles. The zero-order valence-electron chi connectivity index (χ0n) is 14.8. The highest BCUT2D eigenvalue weighted by molar-refractivity contribution is 5.88. The highest BCUT2D eigenvalue weighted by atomic mass is 16.6. The zero-order chi connectivity index (χ0) is 18.4. The van der Waals surface area contributed by atoms with E-state index in [4.69, 9.17) is 14.2 Å². The molecule has 1 amide bonds. The fourth-order valence-corrected chi connectivity index (χ4v) is 3.08. The third-order valence-electron chi connectivity index (χ3n) is 4.39. The predicted octanol–water partition coefficient (Wildman–Crippen LogP) is 3.24. The van der Waals surface area contributed by atoms with Gasteiger partial charge in [-0.25, -0.2) is 9.59 Å². The van der Waals surface area contributed by atoms with Crippen molar-refractivity contribution in [3.05, 3.63) is 42.5 Å². The molecule has 2 aromatic rings. The van der Waals surface area contributed by atoms with Gasteiger partial charge in [0.25, 0.3) is 0 Å². The molecule has 1 unspecified atom stereocenters. The van der Waals surface area contributed by atoms with E-state index in [1.807, 2.05) is 30.3 Å². The molecule has 1 aliphatic heterocycles. The molecule has 6 nitrogen and oxygen atoms in total. The van der Waals surface area contributed by atoms with Crippen LogP contribution in [0.15, 0.2) is 42.5 Å². The van der Waals surface area contributed by atoms with E-state index in [0.29, 0.717) is 19.7 Å². The minimum absolute atomic E-state index is 0.240. The molecule has 138 valence electrons. The van der Waals surface area contributed by atoms with Crippen LogP contribution in [-0.4, -0.2) is 49.9 Å². The normalized spacial score (nSPS) is 16.5.